The van der Waals surface area contributed by atoms with Crippen LogP contribution in [-0.2, 0) is 4.74 Å². The van der Waals surface area contributed by atoms with Crippen LogP contribution in [0.3, 0.4) is 0 Å². The monoisotopic (exact) mass is 263 g/mol. The van der Waals surface area contributed by atoms with E-state index in [1.54, 1.807) is 0 Å². The van der Waals surface area contributed by atoms with Crippen molar-refractivity contribution < 1.29 is 4.74 Å². The van der Waals surface area contributed by atoms with Crippen molar-refractivity contribution in [2.75, 3.05) is 6.54 Å². The first kappa shape index (κ1) is 12.6. The van der Waals surface area contributed by atoms with E-state index in [2.05, 4.69) is 0 Å². The Hall–Kier alpha value is -0.0800. The number of hydrogen-bond donors (Lipinski definition) is 1. The van der Waals surface area contributed by atoms with Crippen LogP contribution in [0, 0.1) is 17.8 Å². The van der Waals surface area contributed by atoms with Crippen molar-refractivity contribution in [3.8, 4) is 0 Å². The molecule has 4 bridgehead atoms. The van der Waals surface area contributed by atoms with Crippen LogP contribution >= 0.6 is 0 Å². The molecule has 0 radical (unpaired) electrons. The maximum Gasteiger partial charge on any atom is 0.0811 e. The molecule has 2 nitrogen and oxygen atoms in total. The first-order valence-electron chi connectivity index (χ1n) is 8.61. The van der Waals surface area contributed by atoms with Gasteiger partial charge in [-0.2, -0.15) is 0 Å². The molecule has 5 rings (SSSR count). The molecular weight excluding hydrogens is 234 g/mol. The topological polar surface area (TPSA) is 35.2 Å². The van der Waals surface area contributed by atoms with Gasteiger partial charge in [0.25, 0.3) is 0 Å². The molecule has 5 aliphatic carbocycles. The molecule has 0 aromatic rings. The van der Waals surface area contributed by atoms with Gasteiger partial charge in [0.2, 0.25) is 0 Å². The Balaban J connectivity index is 1.55. The van der Waals surface area contributed by atoms with E-state index in [0.717, 1.165) is 24.3 Å². The molecule has 0 unspecified atom stereocenters. The third-order valence-electron chi connectivity index (χ3n) is 6.55. The van der Waals surface area contributed by atoms with Gasteiger partial charge in [0.15, 0.2) is 0 Å². The Morgan fingerprint density at radius 1 is 0.842 bits per heavy atom. The number of rotatable bonds is 3. The zero-order chi connectivity index (χ0) is 12.9. The van der Waals surface area contributed by atoms with Gasteiger partial charge in [-0.1, -0.05) is 19.3 Å². The van der Waals surface area contributed by atoms with Crippen LogP contribution in [0.5, 0.6) is 0 Å². The minimum absolute atomic E-state index is 0.0456. The van der Waals surface area contributed by atoms with Crippen LogP contribution in [0.25, 0.3) is 0 Å². The summed E-state index contributed by atoms with van der Waals surface area (Å²) in [5.41, 5.74) is 6.43. The highest BCUT2D eigenvalue weighted by Crippen LogP contribution is 2.58. The van der Waals surface area contributed by atoms with Gasteiger partial charge < -0.3 is 10.5 Å². The molecule has 2 N–H and O–H groups in total. The van der Waals surface area contributed by atoms with Crippen LogP contribution in [0.4, 0.5) is 0 Å². The smallest absolute Gasteiger partial charge is 0.0811 e. The lowest BCUT2D eigenvalue weighted by Crippen LogP contribution is -2.58. The van der Waals surface area contributed by atoms with Gasteiger partial charge in [0.1, 0.15) is 0 Å². The second kappa shape index (κ2) is 4.46. The molecule has 0 aliphatic heterocycles. The van der Waals surface area contributed by atoms with Crippen LogP contribution in [-0.4, -0.2) is 17.7 Å². The van der Waals surface area contributed by atoms with Gasteiger partial charge in [0.05, 0.1) is 11.2 Å². The molecule has 0 atom stereocenters. The molecule has 108 valence electrons. The molecule has 19 heavy (non-hydrogen) atoms. The molecular formula is C17H29NO. The van der Waals surface area contributed by atoms with Gasteiger partial charge >= 0.3 is 0 Å². The summed E-state index contributed by atoms with van der Waals surface area (Å²) in [4.78, 5) is 0. The van der Waals surface area contributed by atoms with Crippen LogP contribution in [0.1, 0.15) is 70.6 Å². The fraction of sp³-hybridized carbons (Fsp3) is 1.00. The lowest BCUT2D eigenvalue weighted by atomic mass is 9.54. The molecule has 0 spiro atoms. The van der Waals surface area contributed by atoms with E-state index >= 15 is 0 Å². The summed E-state index contributed by atoms with van der Waals surface area (Å²) < 4.78 is 6.90. The zero-order valence-corrected chi connectivity index (χ0v) is 12.2. The zero-order valence-electron chi connectivity index (χ0n) is 12.2. The number of hydrogen-bond acceptors (Lipinski definition) is 2. The van der Waals surface area contributed by atoms with Gasteiger partial charge in [-0.05, 0) is 69.1 Å². The summed E-state index contributed by atoms with van der Waals surface area (Å²) in [6.45, 7) is 0.745. The van der Waals surface area contributed by atoms with Crippen molar-refractivity contribution in [3.05, 3.63) is 0 Å². The summed E-state index contributed by atoms with van der Waals surface area (Å²) >= 11 is 0. The van der Waals surface area contributed by atoms with Crippen LogP contribution < -0.4 is 5.73 Å². The van der Waals surface area contributed by atoms with Crippen molar-refractivity contribution >= 4 is 0 Å². The minimum Gasteiger partial charge on any atom is -0.367 e. The third-order valence-corrected chi connectivity index (χ3v) is 6.55. The normalized spacial score (nSPS) is 47.5. The summed E-state index contributed by atoms with van der Waals surface area (Å²) in [6.07, 6.45) is 15.0. The molecule has 5 aliphatic rings. The average molecular weight is 263 g/mol. The summed E-state index contributed by atoms with van der Waals surface area (Å²) in [7, 11) is 0. The predicted octanol–water partition coefficient (Wildman–Crippen LogP) is 3.63. The first-order chi connectivity index (χ1) is 9.21. The lowest BCUT2D eigenvalue weighted by molar-refractivity contribution is -0.230. The molecule has 0 heterocycles. The Labute approximate surface area is 117 Å². The molecule has 5 fully saturated rings. The number of ether oxygens (including phenoxy) is 1. The Bertz CT molecular complexity index is 310. The fourth-order valence-corrected chi connectivity index (χ4v) is 6.16. The molecule has 0 aromatic heterocycles. The maximum atomic E-state index is 6.90. The molecule has 2 heteroatoms. The lowest BCUT2D eigenvalue weighted by Gasteiger charge is -2.59. The summed E-state index contributed by atoms with van der Waals surface area (Å²) in [6, 6.07) is 0. The maximum absolute atomic E-state index is 6.90. The van der Waals surface area contributed by atoms with E-state index in [1.165, 1.54) is 70.6 Å². The van der Waals surface area contributed by atoms with Crippen molar-refractivity contribution in [1.29, 1.82) is 0 Å². The minimum atomic E-state index is 0.0456. The second-order valence-electron chi connectivity index (χ2n) is 8.15. The van der Waals surface area contributed by atoms with Gasteiger partial charge in [0, 0.05) is 6.54 Å². The first-order valence-corrected chi connectivity index (χ1v) is 8.61. The second-order valence-corrected chi connectivity index (χ2v) is 8.15. The number of nitrogens with two attached hydrogens (primary N) is 1. The molecule has 0 aromatic carbocycles. The third kappa shape index (κ3) is 2.15. The van der Waals surface area contributed by atoms with Gasteiger partial charge in [-0.15, -0.1) is 0 Å². The highest BCUT2D eigenvalue weighted by Gasteiger charge is 2.54. The fourth-order valence-electron chi connectivity index (χ4n) is 6.16. The summed E-state index contributed by atoms with van der Waals surface area (Å²) in [5, 5.41) is 0. The molecule has 0 amide bonds. The van der Waals surface area contributed by atoms with E-state index in [9.17, 15) is 0 Å². The largest absolute Gasteiger partial charge is 0.367 e. The van der Waals surface area contributed by atoms with Crippen LogP contribution in [0.2, 0.25) is 0 Å². The molecule has 5 saturated carbocycles. The Morgan fingerprint density at radius 2 is 1.37 bits per heavy atom. The quantitative estimate of drug-likeness (QED) is 0.844. The average Bonchev–Trinajstić information content (AvgIpc) is 2.37. The Kier molecular flexibility index (Phi) is 2.97. The van der Waals surface area contributed by atoms with E-state index in [1.807, 2.05) is 0 Å². The predicted molar refractivity (Wildman–Crippen MR) is 76.9 cm³/mol. The van der Waals surface area contributed by atoms with Crippen molar-refractivity contribution in [2.45, 2.75) is 81.8 Å². The molecule has 0 saturated heterocycles. The highest BCUT2D eigenvalue weighted by molar-refractivity contribution is 5.05. The standard InChI is InChI=1S/C17H29NO/c18-12-16(4-2-1-3-5-16)19-17-9-13-6-14(10-17)8-15(7-13)11-17/h13-15H,1-12,18H2. The van der Waals surface area contributed by atoms with Gasteiger partial charge in [-0.3, -0.25) is 0 Å². The SMILES string of the molecule is NCC1(OC23CC4CC(CC(C4)C2)C3)CCCCC1. The van der Waals surface area contributed by atoms with Crippen molar-refractivity contribution in [1.82, 2.24) is 0 Å². The highest BCUT2D eigenvalue weighted by atomic mass is 16.5. The van der Waals surface area contributed by atoms with E-state index in [4.69, 9.17) is 10.5 Å². The van der Waals surface area contributed by atoms with Crippen molar-refractivity contribution in [2.24, 2.45) is 23.5 Å². The summed E-state index contributed by atoms with van der Waals surface area (Å²) in [5.74, 6) is 2.93. The van der Waals surface area contributed by atoms with Gasteiger partial charge in [-0.25, -0.2) is 0 Å². The van der Waals surface area contributed by atoms with Crippen molar-refractivity contribution in [3.63, 3.8) is 0 Å². The van der Waals surface area contributed by atoms with E-state index in [0.29, 0.717) is 0 Å². The van der Waals surface area contributed by atoms with E-state index < -0.39 is 0 Å². The van der Waals surface area contributed by atoms with E-state index in [-0.39, 0.29) is 11.2 Å². The Morgan fingerprint density at radius 3 is 1.84 bits per heavy atom. The van der Waals surface area contributed by atoms with Crippen LogP contribution in [0.15, 0.2) is 0 Å².